The second kappa shape index (κ2) is 14.3. The van der Waals surface area contributed by atoms with Gasteiger partial charge in [-0.15, -0.1) is 11.3 Å². The number of halogens is 1. The first-order chi connectivity index (χ1) is 27.0. The maximum absolute atomic E-state index is 14.4. The van der Waals surface area contributed by atoms with Crippen LogP contribution in [-0.4, -0.2) is 29.3 Å². The van der Waals surface area contributed by atoms with E-state index in [0.717, 1.165) is 60.5 Å². The first kappa shape index (κ1) is 34.1. The van der Waals surface area contributed by atoms with E-state index >= 15 is 0 Å². The minimum absolute atomic E-state index is 0.264. The first-order valence-corrected chi connectivity index (χ1v) is 18.8. The summed E-state index contributed by atoms with van der Waals surface area (Å²) in [6, 6.07) is 49.9. The summed E-state index contributed by atoms with van der Waals surface area (Å²) < 4.78 is 19.4. The molecule has 9 heteroatoms. The van der Waals surface area contributed by atoms with E-state index < -0.39 is 11.6 Å². The Morgan fingerprint density at radius 1 is 0.745 bits per heavy atom. The van der Waals surface area contributed by atoms with Gasteiger partial charge in [0, 0.05) is 41.1 Å². The largest absolute Gasteiger partial charge is 0.386 e. The number of fused-ring (bicyclic) bond motifs is 2. The summed E-state index contributed by atoms with van der Waals surface area (Å²) in [6.45, 7) is 0. The number of rotatable bonds is 10. The van der Waals surface area contributed by atoms with Gasteiger partial charge in [-0.1, -0.05) is 97.1 Å². The molecule has 0 bridgehead atoms. The van der Waals surface area contributed by atoms with Crippen LogP contribution < -0.4 is 0 Å². The van der Waals surface area contributed by atoms with E-state index in [0.29, 0.717) is 17.1 Å². The van der Waals surface area contributed by atoms with E-state index in [1.165, 1.54) is 23.5 Å². The highest BCUT2D eigenvalue weighted by atomic mass is 32.1. The minimum Gasteiger partial charge on any atom is -0.386 e. The zero-order chi connectivity index (χ0) is 37.4. The van der Waals surface area contributed by atoms with Crippen molar-refractivity contribution in [3.8, 4) is 39.7 Å². The van der Waals surface area contributed by atoms with Crippen molar-refractivity contribution in [2.45, 2.75) is 24.5 Å². The van der Waals surface area contributed by atoms with Gasteiger partial charge in [0.15, 0.2) is 0 Å². The molecule has 9 rings (SSSR count). The standard InChI is InChI=1S/C46H33FN6OS/c47-37-22-18-31(19-23-37)44-38(30-53(51-44)46(34-11-4-1-5-12-34,35-13-6-2-7-14-35)36-15-8-3-9-16-36)33-21-25-43-49-28-40(52(43)29-33)32-20-24-39-42(27-32)55-45(50-39)41(54)17-10-26-48/h1-9,11-16,18-25,27-30,41,54H,10,17H2/t41-/m0/s1. The van der Waals surface area contributed by atoms with Crippen LogP contribution in [0.25, 0.3) is 49.5 Å². The Bertz CT molecular complexity index is 2710. The van der Waals surface area contributed by atoms with Gasteiger partial charge in [0.05, 0.1) is 28.2 Å². The molecule has 1 atom stereocenters. The third-order valence-electron chi connectivity index (χ3n) is 10.1. The molecule has 7 nitrogen and oxygen atoms in total. The van der Waals surface area contributed by atoms with E-state index in [9.17, 15) is 9.50 Å². The molecule has 0 fully saturated rings. The van der Waals surface area contributed by atoms with Crippen molar-refractivity contribution < 1.29 is 9.50 Å². The zero-order valence-electron chi connectivity index (χ0n) is 29.5. The molecule has 5 aromatic carbocycles. The van der Waals surface area contributed by atoms with Crippen LogP contribution in [-0.2, 0) is 5.54 Å². The molecular weight excluding hydrogens is 704 g/mol. The monoisotopic (exact) mass is 736 g/mol. The highest BCUT2D eigenvalue weighted by molar-refractivity contribution is 7.18. The molecule has 0 radical (unpaired) electrons. The van der Waals surface area contributed by atoms with Crippen LogP contribution >= 0.6 is 11.3 Å². The summed E-state index contributed by atoms with van der Waals surface area (Å²) in [5, 5.41) is 25.6. The molecule has 0 spiro atoms. The van der Waals surface area contributed by atoms with Crippen LogP contribution in [0.3, 0.4) is 0 Å². The van der Waals surface area contributed by atoms with Crippen molar-refractivity contribution >= 4 is 27.2 Å². The summed E-state index contributed by atoms with van der Waals surface area (Å²) in [5.74, 6) is -0.317. The number of aliphatic hydroxyl groups is 1. The number of hydrogen-bond acceptors (Lipinski definition) is 6. The smallest absolute Gasteiger partial charge is 0.138 e. The number of hydrogen-bond donors (Lipinski definition) is 1. The number of imidazole rings is 1. The predicted molar refractivity (Wildman–Crippen MR) is 215 cm³/mol. The van der Waals surface area contributed by atoms with Gasteiger partial charge in [0.2, 0.25) is 0 Å². The SMILES string of the molecule is N#CCC[C@H](O)c1nc2ccc(-c3cnc4ccc(-c5cn(C(c6ccccc6)(c6ccccc6)c6ccccc6)nc5-c5ccc(F)cc5)cn34)cc2s1. The van der Waals surface area contributed by atoms with E-state index in [1.54, 1.807) is 12.1 Å². The average Bonchev–Trinajstić information content (AvgIpc) is 3.99. The number of pyridine rings is 1. The molecule has 266 valence electrons. The molecule has 0 aliphatic carbocycles. The van der Waals surface area contributed by atoms with E-state index in [-0.39, 0.29) is 12.2 Å². The third-order valence-corrected chi connectivity index (χ3v) is 11.2. The predicted octanol–water partition coefficient (Wildman–Crippen LogP) is 10.5. The van der Waals surface area contributed by atoms with E-state index in [4.69, 9.17) is 15.3 Å². The Kier molecular flexibility index (Phi) is 8.83. The van der Waals surface area contributed by atoms with E-state index in [1.807, 2.05) is 42.6 Å². The van der Waals surface area contributed by atoms with Gasteiger partial charge in [0.25, 0.3) is 0 Å². The molecule has 9 aromatic rings. The van der Waals surface area contributed by atoms with Crippen LogP contribution in [0, 0.1) is 17.1 Å². The molecule has 1 N–H and O–H groups in total. The summed E-state index contributed by atoms with van der Waals surface area (Å²) in [4.78, 5) is 9.39. The summed E-state index contributed by atoms with van der Waals surface area (Å²) in [5.41, 5.74) is 8.95. The highest BCUT2D eigenvalue weighted by Gasteiger charge is 2.40. The molecule has 0 saturated carbocycles. The Morgan fingerprint density at radius 3 is 2.00 bits per heavy atom. The van der Waals surface area contributed by atoms with Crippen molar-refractivity contribution in [1.29, 1.82) is 5.26 Å². The molecule has 4 heterocycles. The van der Waals surface area contributed by atoms with Gasteiger partial charge >= 0.3 is 0 Å². The van der Waals surface area contributed by atoms with Crippen molar-refractivity contribution in [3.05, 3.63) is 192 Å². The number of nitrogens with zero attached hydrogens (tertiary/aromatic N) is 6. The number of nitriles is 1. The lowest BCUT2D eigenvalue weighted by molar-refractivity contribution is 0.169. The van der Waals surface area contributed by atoms with Gasteiger partial charge in [-0.2, -0.15) is 10.4 Å². The van der Waals surface area contributed by atoms with Gasteiger partial charge < -0.3 is 5.11 Å². The molecule has 0 aliphatic rings. The second-order valence-corrected chi connectivity index (χ2v) is 14.5. The Balaban J connectivity index is 1.24. The fourth-order valence-electron chi connectivity index (χ4n) is 7.44. The average molecular weight is 737 g/mol. The quantitative estimate of drug-likeness (QED) is 0.141. The number of aromatic nitrogens is 5. The molecule has 0 unspecified atom stereocenters. The summed E-state index contributed by atoms with van der Waals surface area (Å²) in [6.07, 6.45) is 5.87. The maximum Gasteiger partial charge on any atom is 0.138 e. The van der Waals surface area contributed by atoms with Gasteiger partial charge in [-0.05, 0) is 71.6 Å². The fraction of sp³-hybridized carbons (Fsp3) is 0.0870. The topological polar surface area (TPSA) is 92.0 Å². The molecule has 55 heavy (non-hydrogen) atoms. The van der Waals surface area contributed by atoms with Crippen molar-refractivity contribution in [2.75, 3.05) is 0 Å². The van der Waals surface area contributed by atoms with Crippen molar-refractivity contribution in [2.24, 2.45) is 0 Å². The summed E-state index contributed by atoms with van der Waals surface area (Å²) >= 11 is 1.43. The fourth-order valence-corrected chi connectivity index (χ4v) is 8.46. The van der Waals surface area contributed by atoms with Gasteiger partial charge in [-0.25, -0.2) is 14.4 Å². The van der Waals surface area contributed by atoms with Crippen molar-refractivity contribution in [3.63, 3.8) is 0 Å². The van der Waals surface area contributed by atoms with Crippen LogP contribution in [0.1, 0.15) is 40.6 Å². The van der Waals surface area contributed by atoms with Crippen LogP contribution in [0.2, 0.25) is 0 Å². The van der Waals surface area contributed by atoms with Gasteiger partial charge in [-0.3, -0.25) is 9.08 Å². The van der Waals surface area contributed by atoms with Crippen LogP contribution in [0.15, 0.2) is 164 Å². The summed E-state index contributed by atoms with van der Waals surface area (Å²) in [7, 11) is 0. The van der Waals surface area contributed by atoms with E-state index in [2.05, 4.69) is 117 Å². The molecule has 0 aliphatic heterocycles. The maximum atomic E-state index is 14.4. The van der Waals surface area contributed by atoms with Gasteiger partial charge in [0.1, 0.15) is 33.8 Å². The third kappa shape index (κ3) is 6.08. The number of benzene rings is 5. The van der Waals surface area contributed by atoms with Crippen LogP contribution in [0.4, 0.5) is 4.39 Å². The zero-order valence-corrected chi connectivity index (χ0v) is 30.3. The molecule has 0 amide bonds. The normalized spacial score (nSPS) is 12.2. The van der Waals surface area contributed by atoms with Crippen LogP contribution in [0.5, 0.6) is 0 Å². The minimum atomic E-state index is -0.855. The lowest BCUT2D eigenvalue weighted by atomic mass is 9.77. The molecule has 0 saturated heterocycles. The molecular formula is C46H33FN6OS. The lowest BCUT2D eigenvalue weighted by Crippen LogP contribution is -2.38. The lowest BCUT2D eigenvalue weighted by Gasteiger charge is -2.36. The highest BCUT2D eigenvalue weighted by Crippen LogP contribution is 2.43. The molecule has 4 aromatic heterocycles. The first-order valence-electron chi connectivity index (χ1n) is 18.0. The number of aliphatic hydroxyl groups excluding tert-OH is 1. The number of thiazole rings is 1. The Hall–Kier alpha value is -6.73. The second-order valence-electron chi connectivity index (χ2n) is 13.4. The Morgan fingerprint density at radius 2 is 1.36 bits per heavy atom. The van der Waals surface area contributed by atoms with Crippen molar-refractivity contribution in [1.82, 2.24) is 24.1 Å². The Labute approximate surface area is 320 Å².